The topological polar surface area (TPSA) is 49.7 Å². The molecule has 2 N–H and O–H groups in total. The molecule has 3 nitrogen and oxygen atoms in total. The van der Waals surface area contributed by atoms with Gasteiger partial charge in [-0.3, -0.25) is 0 Å². The fourth-order valence-electron chi connectivity index (χ4n) is 1.82. The standard InChI is InChI=1S/C8H12O3/c1-7-3-4-8(2,11-7)6(10)5(7)9/h3-6,9-10H,1-2H3. The molecule has 62 valence electrons. The number of fused-ring (bicyclic) bond motifs is 2. The van der Waals surface area contributed by atoms with Crippen molar-refractivity contribution in [1.29, 1.82) is 0 Å². The van der Waals surface area contributed by atoms with E-state index in [0.717, 1.165) is 0 Å². The van der Waals surface area contributed by atoms with Crippen LogP contribution in [0.1, 0.15) is 13.8 Å². The Morgan fingerprint density at radius 3 is 1.64 bits per heavy atom. The molecule has 1 fully saturated rings. The maximum absolute atomic E-state index is 9.49. The Kier molecular flexibility index (Phi) is 1.11. The van der Waals surface area contributed by atoms with Crippen LogP contribution in [0.3, 0.4) is 0 Å². The minimum absolute atomic E-state index is 0.672. The third kappa shape index (κ3) is 0.682. The van der Waals surface area contributed by atoms with Crippen molar-refractivity contribution in [3.63, 3.8) is 0 Å². The van der Waals surface area contributed by atoms with Crippen LogP contribution in [0.5, 0.6) is 0 Å². The second-order valence-electron chi connectivity index (χ2n) is 3.69. The van der Waals surface area contributed by atoms with E-state index < -0.39 is 23.4 Å². The second-order valence-corrected chi connectivity index (χ2v) is 3.69. The van der Waals surface area contributed by atoms with Gasteiger partial charge in [0, 0.05) is 0 Å². The van der Waals surface area contributed by atoms with Gasteiger partial charge in [-0.25, -0.2) is 0 Å². The predicted molar refractivity (Wildman–Crippen MR) is 39.0 cm³/mol. The maximum atomic E-state index is 9.49. The molecule has 0 aromatic rings. The quantitative estimate of drug-likeness (QED) is 0.478. The fourth-order valence-corrected chi connectivity index (χ4v) is 1.82. The minimum atomic E-state index is -0.794. The molecule has 0 aromatic carbocycles. The van der Waals surface area contributed by atoms with Gasteiger partial charge in [-0.1, -0.05) is 12.2 Å². The lowest BCUT2D eigenvalue weighted by molar-refractivity contribution is -0.0446. The fraction of sp³-hybridized carbons (Fsp3) is 0.750. The smallest absolute Gasteiger partial charge is 0.115 e. The Morgan fingerprint density at radius 2 is 1.45 bits per heavy atom. The molecule has 3 heteroatoms. The average Bonchev–Trinajstić information content (AvgIpc) is 2.32. The van der Waals surface area contributed by atoms with E-state index in [1.54, 1.807) is 13.8 Å². The third-order valence-corrected chi connectivity index (χ3v) is 2.66. The molecule has 2 rings (SSSR count). The highest BCUT2D eigenvalue weighted by molar-refractivity contribution is 5.28. The molecule has 0 spiro atoms. The lowest BCUT2D eigenvalue weighted by Gasteiger charge is -2.24. The van der Waals surface area contributed by atoms with Crippen molar-refractivity contribution in [2.24, 2.45) is 0 Å². The van der Waals surface area contributed by atoms with E-state index in [1.165, 1.54) is 0 Å². The van der Waals surface area contributed by atoms with Gasteiger partial charge < -0.3 is 14.9 Å². The van der Waals surface area contributed by atoms with Gasteiger partial charge in [-0.2, -0.15) is 0 Å². The number of rotatable bonds is 0. The van der Waals surface area contributed by atoms with E-state index in [9.17, 15) is 10.2 Å². The molecule has 2 aliphatic heterocycles. The lowest BCUT2D eigenvalue weighted by Crippen LogP contribution is -2.43. The molecular formula is C8H12O3. The molecule has 4 atom stereocenters. The Balaban J connectivity index is 2.43. The molecule has 0 aliphatic carbocycles. The summed E-state index contributed by atoms with van der Waals surface area (Å²) in [6.45, 7) is 3.55. The Labute approximate surface area is 65.3 Å². The zero-order chi connectivity index (χ0) is 8.28. The summed E-state index contributed by atoms with van der Waals surface area (Å²) < 4.78 is 5.46. The third-order valence-electron chi connectivity index (χ3n) is 2.66. The van der Waals surface area contributed by atoms with Crippen LogP contribution in [0.25, 0.3) is 0 Å². The Bertz CT molecular complexity index is 203. The van der Waals surface area contributed by atoms with Crippen LogP contribution in [0.15, 0.2) is 12.2 Å². The summed E-state index contributed by atoms with van der Waals surface area (Å²) in [7, 11) is 0. The highest BCUT2D eigenvalue weighted by atomic mass is 16.6. The molecule has 11 heavy (non-hydrogen) atoms. The highest BCUT2D eigenvalue weighted by Crippen LogP contribution is 2.45. The van der Waals surface area contributed by atoms with Crippen molar-refractivity contribution in [3.05, 3.63) is 12.2 Å². The van der Waals surface area contributed by atoms with Crippen molar-refractivity contribution in [3.8, 4) is 0 Å². The molecule has 2 aliphatic rings. The van der Waals surface area contributed by atoms with E-state index in [1.807, 2.05) is 12.2 Å². The predicted octanol–water partition coefficient (Wildman–Crippen LogP) is -0.174. The van der Waals surface area contributed by atoms with Crippen LogP contribution in [0, 0.1) is 0 Å². The van der Waals surface area contributed by atoms with Gasteiger partial charge in [0.15, 0.2) is 0 Å². The molecular weight excluding hydrogens is 144 g/mol. The zero-order valence-corrected chi connectivity index (χ0v) is 6.61. The van der Waals surface area contributed by atoms with Gasteiger partial charge in [0.2, 0.25) is 0 Å². The van der Waals surface area contributed by atoms with Crippen LogP contribution in [-0.4, -0.2) is 33.6 Å². The van der Waals surface area contributed by atoms with Gasteiger partial charge in [0.05, 0.1) is 0 Å². The summed E-state index contributed by atoms with van der Waals surface area (Å²) in [5.74, 6) is 0. The van der Waals surface area contributed by atoms with Crippen LogP contribution >= 0.6 is 0 Å². The van der Waals surface area contributed by atoms with Crippen molar-refractivity contribution in [2.45, 2.75) is 37.3 Å². The molecule has 0 radical (unpaired) electrons. The van der Waals surface area contributed by atoms with Crippen LogP contribution in [-0.2, 0) is 4.74 Å². The largest absolute Gasteiger partial charge is 0.387 e. The lowest BCUT2D eigenvalue weighted by atomic mass is 9.85. The molecule has 0 aromatic heterocycles. The zero-order valence-electron chi connectivity index (χ0n) is 6.61. The summed E-state index contributed by atoms with van der Waals surface area (Å²) in [4.78, 5) is 0. The number of aliphatic hydroxyl groups is 2. The van der Waals surface area contributed by atoms with Crippen LogP contribution < -0.4 is 0 Å². The van der Waals surface area contributed by atoms with E-state index in [0.29, 0.717) is 0 Å². The molecule has 0 saturated carbocycles. The average molecular weight is 156 g/mol. The molecule has 2 bridgehead atoms. The molecule has 1 saturated heterocycles. The summed E-state index contributed by atoms with van der Waals surface area (Å²) in [6, 6.07) is 0. The van der Waals surface area contributed by atoms with Gasteiger partial charge >= 0.3 is 0 Å². The summed E-state index contributed by atoms with van der Waals surface area (Å²) in [5, 5.41) is 19.0. The SMILES string of the molecule is CC12C=CC(C)(O1)C(O)C2O. The molecule has 4 unspecified atom stereocenters. The summed E-state index contributed by atoms with van der Waals surface area (Å²) in [5.41, 5.74) is -1.34. The van der Waals surface area contributed by atoms with Crippen molar-refractivity contribution < 1.29 is 14.9 Å². The van der Waals surface area contributed by atoms with Crippen LogP contribution in [0.2, 0.25) is 0 Å². The van der Waals surface area contributed by atoms with Gasteiger partial charge in [0.25, 0.3) is 0 Å². The first-order chi connectivity index (χ1) is 4.98. The van der Waals surface area contributed by atoms with Crippen molar-refractivity contribution in [2.75, 3.05) is 0 Å². The summed E-state index contributed by atoms with van der Waals surface area (Å²) >= 11 is 0. The van der Waals surface area contributed by atoms with E-state index in [2.05, 4.69) is 0 Å². The Hall–Kier alpha value is -0.380. The first-order valence-corrected chi connectivity index (χ1v) is 3.75. The van der Waals surface area contributed by atoms with E-state index in [4.69, 9.17) is 4.74 Å². The highest BCUT2D eigenvalue weighted by Gasteiger charge is 2.59. The molecule has 2 heterocycles. The first-order valence-electron chi connectivity index (χ1n) is 3.75. The van der Waals surface area contributed by atoms with Crippen molar-refractivity contribution in [1.82, 2.24) is 0 Å². The van der Waals surface area contributed by atoms with E-state index >= 15 is 0 Å². The maximum Gasteiger partial charge on any atom is 0.115 e. The Morgan fingerprint density at radius 1 is 1.09 bits per heavy atom. The summed E-state index contributed by atoms with van der Waals surface area (Å²) in [6.07, 6.45) is 2.03. The number of hydrogen-bond donors (Lipinski definition) is 2. The second kappa shape index (κ2) is 1.68. The van der Waals surface area contributed by atoms with E-state index in [-0.39, 0.29) is 0 Å². The number of ether oxygens (including phenoxy) is 1. The van der Waals surface area contributed by atoms with Gasteiger partial charge in [0.1, 0.15) is 23.4 Å². The van der Waals surface area contributed by atoms with Crippen LogP contribution in [0.4, 0.5) is 0 Å². The first kappa shape index (κ1) is 7.28. The number of hydrogen-bond acceptors (Lipinski definition) is 3. The normalized spacial score (nSPS) is 60.7. The van der Waals surface area contributed by atoms with Gasteiger partial charge in [-0.15, -0.1) is 0 Å². The van der Waals surface area contributed by atoms with Gasteiger partial charge in [-0.05, 0) is 13.8 Å². The molecule has 0 amide bonds. The minimum Gasteiger partial charge on any atom is -0.387 e. The monoisotopic (exact) mass is 156 g/mol. The van der Waals surface area contributed by atoms with Crippen molar-refractivity contribution >= 4 is 0 Å². The number of aliphatic hydroxyl groups excluding tert-OH is 2.